The van der Waals surface area contributed by atoms with Crippen LogP contribution in [0.1, 0.15) is 18.4 Å². The lowest BCUT2D eigenvalue weighted by atomic mass is 10.2. The van der Waals surface area contributed by atoms with Gasteiger partial charge in [-0.3, -0.25) is 4.57 Å². The zero-order chi connectivity index (χ0) is 20.8. The van der Waals surface area contributed by atoms with Gasteiger partial charge in [0, 0.05) is 24.5 Å². The minimum absolute atomic E-state index is 0.302. The molecule has 2 aromatic carbocycles. The minimum Gasteiger partial charge on any atom is -0.420 e. The van der Waals surface area contributed by atoms with Crippen molar-refractivity contribution >= 4 is 36.1 Å². The lowest BCUT2D eigenvalue weighted by Crippen LogP contribution is -2.39. The standard InChI is InChI=1S/C23H25N2O4P/c1-2-28-30(26,20-11-7-4-8-12-20)22-23(25-15-17-27-18-16-25)29-21(24-22)14-13-19-9-5-3-6-10-19/h3-14H,2,15-18H2,1H3/b14-13+/t30-/m1/s1. The van der Waals surface area contributed by atoms with Gasteiger partial charge >= 0.3 is 0 Å². The van der Waals surface area contributed by atoms with Crippen molar-refractivity contribution in [1.82, 2.24) is 4.98 Å². The van der Waals surface area contributed by atoms with E-state index in [-0.39, 0.29) is 0 Å². The topological polar surface area (TPSA) is 64.8 Å². The first kappa shape index (κ1) is 20.6. The molecule has 0 saturated carbocycles. The number of ether oxygens (including phenoxy) is 1. The van der Waals surface area contributed by atoms with Crippen LogP contribution in [-0.2, 0) is 13.8 Å². The van der Waals surface area contributed by atoms with Gasteiger partial charge in [-0.05, 0) is 30.7 Å². The summed E-state index contributed by atoms with van der Waals surface area (Å²) in [5, 5.41) is 0.605. The molecule has 156 valence electrons. The summed E-state index contributed by atoms with van der Waals surface area (Å²) < 4.78 is 31.6. The molecule has 6 nitrogen and oxygen atoms in total. The molecule has 0 aliphatic carbocycles. The molecule has 1 aliphatic heterocycles. The summed E-state index contributed by atoms with van der Waals surface area (Å²) in [6.45, 7) is 4.59. The van der Waals surface area contributed by atoms with Crippen LogP contribution in [0.4, 0.5) is 5.88 Å². The molecule has 2 heterocycles. The van der Waals surface area contributed by atoms with E-state index in [2.05, 4.69) is 4.98 Å². The molecule has 0 amide bonds. The fraction of sp³-hybridized carbons (Fsp3) is 0.261. The van der Waals surface area contributed by atoms with Gasteiger partial charge in [0.05, 0.1) is 19.8 Å². The summed E-state index contributed by atoms with van der Waals surface area (Å²) >= 11 is 0. The van der Waals surface area contributed by atoms with Crippen molar-refractivity contribution in [2.45, 2.75) is 6.92 Å². The summed E-state index contributed by atoms with van der Waals surface area (Å²) in [5.74, 6) is 0.887. The Labute approximate surface area is 176 Å². The maximum absolute atomic E-state index is 14.1. The zero-order valence-electron chi connectivity index (χ0n) is 16.9. The highest BCUT2D eigenvalue weighted by Crippen LogP contribution is 2.47. The van der Waals surface area contributed by atoms with E-state index in [0.29, 0.717) is 55.4 Å². The molecule has 0 spiro atoms. The van der Waals surface area contributed by atoms with E-state index in [1.54, 1.807) is 6.08 Å². The molecule has 0 unspecified atom stereocenters. The quantitative estimate of drug-likeness (QED) is 0.535. The lowest BCUT2D eigenvalue weighted by molar-refractivity contribution is 0.121. The van der Waals surface area contributed by atoms with Crippen LogP contribution in [0, 0.1) is 0 Å². The van der Waals surface area contributed by atoms with Crippen LogP contribution < -0.4 is 15.6 Å². The number of nitrogens with zero attached hydrogens (tertiary/aromatic N) is 2. The molecule has 7 heteroatoms. The van der Waals surface area contributed by atoms with Crippen LogP contribution in [0.15, 0.2) is 65.1 Å². The molecule has 0 bridgehead atoms. The second kappa shape index (κ2) is 9.43. The first-order valence-corrected chi connectivity index (χ1v) is 11.7. The monoisotopic (exact) mass is 424 g/mol. The van der Waals surface area contributed by atoms with Crippen LogP contribution in [0.2, 0.25) is 0 Å². The average molecular weight is 424 g/mol. The Morgan fingerprint density at radius 2 is 1.70 bits per heavy atom. The van der Waals surface area contributed by atoms with Crippen molar-refractivity contribution in [3.63, 3.8) is 0 Å². The summed E-state index contributed by atoms with van der Waals surface area (Å²) in [7, 11) is -3.42. The second-order valence-corrected chi connectivity index (χ2v) is 9.13. The molecular weight excluding hydrogens is 399 g/mol. The van der Waals surface area contributed by atoms with Crippen LogP contribution >= 0.6 is 7.37 Å². The maximum atomic E-state index is 14.1. The van der Waals surface area contributed by atoms with Crippen molar-refractivity contribution in [2.75, 3.05) is 37.8 Å². The van der Waals surface area contributed by atoms with Crippen molar-refractivity contribution in [1.29, 1.82) is 0 Å². The predicted octanol–water partition coefficient (Wildman–Crippen LogP) is 3.95. The molecule has 1 fully saturated rings. The third-order valence-electron chi connectivity index (χ3n) is 4.81. The predicted molar refractivity (Wildman–Crippen MR) is 120 cm³/mol. The zero-order valence-corrected chi connectivity index (χ0v) is 17.8. The number of rotatable bonds is 7. The first-order chi connectivity index (χ1) is 14.7. The Bertz CT molecular complexity index is 1030. The number of hydrogen-bond donors (Lipinski definition) is 0. The third kappa shape index (κ3) is 4.41. The second-order valence-electron chi connectivity index (χ2n) is 6.83. The highest BCUT2D eigenvalue weighted by atomic mass is 31.2. The Balaban J connectivity index is 1.78. The minimum atomic E-state index is -3.42. The number of hydrogen-bond acceptors (Lipinski definition) is 6. The van der Waals surface area contributed by atoms with Gasteiger partial charge in [-0.2, -0.15) is 0 Å². The van der Waals surface area contributed by atoms with Gasteiger partial charge in [0.2, 0.25) is 11.8 Å². The van der Waals surface area contributed by atoms with E-state index < -0.39 is 7.37 Å². The fourth-order valence-corrected chi connectivity index (χ4v) is 5.46. The SMILES string of the molecule is CCO[P@](=O)(c1ccccc1)c1nc(/C=C/c2ccccc2)oc1N1CCOCC1. The van der Waals surface area contributed by atoms with Gasteiger partial charge in [-0.15, -0.1) is 0 Å². The lowest BCUT2D eigenvalue weighted by Gasteiger charge is -2.28. The number of oxazole rings is 1. The third-order valence-corrected chi connectivity index (χ3v) is 7.26. The van der Waals surface area contributed by atoms with Crippen LogP contribution in [0.25, 0.3) is 12.2 Å². The average Bonchev–Trinajstić information content (AvgIpc) is 3.25. The summed E-state index contributed by atoms with van der Waals surface area (Å²) in [4.78, 5) is 6.67. The molecule has 30 heavy (non-hydrogen) atoms. The Morgan fingerprint density at radius 3 is 2.37 bits per heavy atom. The van der Waals surface area contributed by atoms with Crippen molar-refractivity contribution < 1.29 is 18.2 Å². The molecular formula is C23H25N2O4P. The van der Waals surface area contributed by atoms with Crippen molar-refractivity contribution in [3.05, 3.63) is 72.1 Å². The summed E-state index contributed by atoms with van der Waals surface area (Å²) in [6.07, 6.45) is 3.72. The van der Waals surface area contributed by atoms with E-state index in [9.17, 15) is 4.57 Å². The first-order valence-electron chi connectivity index (χ1n) is 10.1. The highest BCUT2D eigenvalue weighted by molar-refractivity contribution is 7.74. The smallest absolute Gasteiger partial charge is 0.284 e. The molecule has 1 aliphatic rings. The Morgan fingerprint density at radius 1 is 1.03 bits per heavy atom. The normalized spacial score (nSPS) is 16.6. The number of benzene rings is 2. The van der Waals surface area contributed by atoms with E-state index in [4.69, 9.17) is 13.7 Å². The molecule has 3 aromatic rings. The van der Waals surface area contributed by atoms with Gasteiger partial charge in [0.1, 0.15) is 0 Å². The van der Waals surface area contributed by atoms with Crippen molar-refractivity contribution in [2.24, 2.45) is 0 Å². The van der Waals surface area contributed by atoms with Crippen LogP contribution in [-0.4, -0.2) is 37.9 Å². The fourth-order valence-electron chi connectivity index (χ4n) is 3.35. The van der Waals surface area contributed by atoms with Gasteiger partial charge in [0.15, 0.2) is 5.44 Å². The Hall–Kier alpha value is -2.66. The van der Waals surface area contributed by atoms with E-state index >= 15 is 0 Å². The van der Waals surface area contributed by atoms with Gasteiger partial charge in [-0.1, -0.05) is 48.5 Å². The largest absolute Gasteiger partial charge is 0.420 e. The van der Waals surface area contributed by atoms with Crippen LogP contribution in [0.5, 0.6) is 0 Å². The van der Waals surface area contributed by atoms with Crippen molar-refractivity contribution in [3.8, 4) is 0 Å². The summed E-state index contributed by atoms with van der Waals surface area (Å²) in [5.41, 5.74) is 1.38. The summed E-state index contributed by atoms with van der Waals surface area (Å²) in [6, 6.07) is 19.1. The maximum Gasteiger partial charge on any atom is 0.284 e. The molecule has 1 atom stereocenters. The molecule has 0 N–H and O–H groups in total. The van der Waals surface area contributed by atoms with E-state index in [1.165, 1.54) is 0 Å². The van der Waals surface area contributed by atoms with E-state index in [0.717, 1.165) is 5.56 Å². The van der Waals surface area contributed by atoms with Gasteiger partial charge in [0.25, 0.3) is 7.37 Å². The number of anilines is 1. The van der Waals surface area contributed by atoms with E-state index in [1.807, 2.05) is 78.6 Å². The van der Waals surface area contributed by atoms with Gasteiger partial charge in [-0.25, -0.2) is 4.98 Å². The Kier molecular flexibility index (Phi) is 6.48. The molecule has 0 radical (unpaired) electrons. The number of aromatic nitrogens is 1. The molecule has 1 saturated heterocycles. The highest BCUT2D eigenvalue weighted by Gasteiger charge is 2.37. The number of morpholine rings is 1. The molecule has 1 aromatic heterocycles. The molecule has 4 rings (SSSR count). The van der Waals surface area contributed by atoms with Gasteiger partial charge < -0.3 is 18.6 Å². The van der Waals surface area contributed by atoms with Crippen LogP contribution in [0.3, 0.4) is 0 Å².